The minimum Gasteiger partial charge on any atom is -0.330 e. The van der Waals surface area contributed by atoms with Crippen molar-refractivity contribution in [2.45, 2.75) is 110 Å². The van der Waals surface area contributed by atoms with E-state index in [4.69, 9.17) is 5.73 Å². The summed E-state index contributed by atoms with van der Waals surface area (Å²) >= 11 is 0. The first-order valence-electron chi connectivity index (χ1n) is 10.1. The zero-order chi connectivity index (χ0) is 16.1. The van der Waals surface area contributed by atoms with Gasteiger partial charge in [-0.3, -0.25) is 0 Å². The van der Waals surface area contributed by atoms with Crippen LogP contribution >= 0.6 is 0 Å². The van der Waals surface area contributed by atoms with Gasteiger partial charge in [0.05, 0.1) is 0 Å². The summed E-state index contributed by atoms with van der Waals surface area (Å²) < 4.78 is 0. The Morgan fingerprint density at radius 3 is 1.50 bits per heavy atom. The first-order chi connectivity index (χ1) is 10.9. The Morgan fingerprint density at radius 2 is 1.00 bits per heavy atom. The Labute approximate surface area is 141 Å². The van der Waals surface area contributed by atoms with Gasteiger partial charge in [-0.15, -0.1) is 0 Å². The Hall–Kier alpha value is -0.300. The molecule has 0 rings (SSSR count). The third-order valence-electron chi connectivity index (χ3n) is 4.29. The highest BCUT2D eigenvalue weighted by atomic mass is 14.5. The second-order valence-corrected chi connectivity index (χ2v) is 6.59. The normalized spacial score (nSPS) is 11.5. The van der Waals surface area contributed by atoms with Gasteiger partial charge in [0, 0.05) is 0 Å². The zero-order valence-electron chi connectivity index (χ0n) is 15.3. The fraction of sp³-hybridized carbons (Fsp3) is 0.857. The molecule has 0 fully saturated rings. The third kappa shape index (κ3) is 19.7. The molecular formula is C21H42N. The van der Waals surface area contributed by atoms with Crippen molar-refractivity contribution in [1.29, 1.82) is 0 Å². The van der Waals surface area contributed by atoms with E-state index in [0.717, 1.165) is 13.0 Å². The highest BCUT2D eigenvalue weighted by Crippen LogP contribution is 2.11. The fourth-order valence-corrected chi connectivity index (χ4v) is 2.80. The number of hydrogen-bond donors (Lipinski definition) is 1. The third-order valence-corrected chi connectivity index (χ3v) is 4.29. The molecule has 0 atom stereocenters. The fourth-order valence-electron chi connectivity index (χ4n) is 2.80. The molecule has 2 N–H and O–H groups in total. The average molecular weight is 309 g/mol. The standard InChI is InChI=1S/C21H42N/c1-2-3-4-5-6-7-8-9-10-11-12-13-14-15-16-17-18-19-20-21-22/h9-10,19H,2-8,11-18,20-22H2,1H3/b10-9-. The van der Waals surface area contributed by atoms with E-state index in [1.807, 2.05) is 0 Å². The van der Waals surface area contributed by atoms with Gasteiger partial charge in [0.15, 0.2) is 0 Å². The highest BCUT2D eigenvalue weighted by molar-refractivity contribution is 4.81. The van der Waals surface area contributed by atoms with Crippen molar-refractivity contribution in [2.24, 2.45) is 5.73 Å². The van der Waals surface area contributed by atoms with Crippen molar-refractivity contribution < 1.29 is 0 Å². The molecule has 1 nitrogen and oxygen atoms in total. The van der Waals surface area contributed by atoms with E-state index >= 15 is 0 Å². The summed E-state index contributed by atoms with van der Waals surface area (Å²) in [6.45, 7) is 3.09. The smallest absolute Gasteiger partial charge is 0.00745 e. The summed E-state index contributed by atoms with van der Waals surface area (Å²) in [5.41, 5.74) is 5.46. The van der Waals surface area contributed by atoms with Crippen molar-refractivity contribution in [3.05, 3.63) is 18.6 Å². The number of unbranched alkanes of at least 4 members (excludes halogenated alkanes) is 15. The van der Waals surface area contributed by atoms with E-state index in [9.17, 15) is 0 Å². The topological polar surface area (TPSA) is 26.0 Å². The lowest BCUT2D eigenvalue weighted by molar-refractivity contribution is 0.590. The predicted molar refractivity (Wildman–Crippen MR) is 102 cm³/mol. The molecule has 0 unspecified atom stereocenters. The maximum absolute atomic E-state index is 5.46. The minimum absolute atomic E-state index is 0.812. The molecular weight excluding hydrogens is 266 g/mol. The van der Waals surface area contributed by atoms with Crippen molar-refractivity contribution in [2.75, 3.05) is 6.54 Å². The van der Waals surface area contributed by atoms with Crippen LogP contribution in [0.4, 0.5) is 0 Å². The van der Waals surface area contributed by atoms with Crippen molar-refractivity contribution in [3.63, 3.8) is 0 Å². The lowest BCUT2D eigenvalue weighted by Crippen LogP contribution is -1.97. The van der Waals surface area contributed by atoms with Crippen molar-refractivity contribution in [1.82, 2.24) is 0 Å². The van der Waals surface area contributed by atoms with Crippen molar-refractivity contribution >= 4 is 0 Å². The van der Waals surface area contributed by atoms with Gasteiger partial charge in [-0.2, -0.15) is 0 Å². The van der Waals surface area contributed by atoms with Crippen LogP contribution in [0.3, 0.4) is 0 Å². The van der Waals surface area contributed by atoms with Crippen LogP contribution in [0.25, 0.3) is 0 Å². The molecule has 0 saturated heterocycles. The molecule has 0 saturated carbocycles. The quantitative estimate of drug-likeness (QED) is 0.215. The number of nitrogens with two attached hydrogens (primary N) is 1. The van der Waals surface area contributed by atoms with Crippen molar-refractivity contribution in [3.8, 4) is 0 Å². The van der Waals surface area contributed by atoms with Gasteiger partial charge in [-0.1, -0.05) is 89.7 Å². The van der Waals surface area contributed by atoms with E-state index in [1.165, 1.54) is 96.3 Å². The Balaban J connectivity index is 3.02. The second kappa shape index (κ2) is 20.7. The van der Waals surface area contributed by atoms with Crippen LogP contribution in [0.1, 0.15) is 110 Å². The second-order valence-electron chi connectivity index (χ2n) is 6.59. The molecule has 0 heterocycles. The number of hydrogen-bond acceptors (Lipinski definition) is 1. The van der Waals surface area contributed by atoms with Gasteiger partial charge < -0.3 is 5.73 Å². The Kier molecular flexibility index (Phi) is 20.4. The predicted octanol–water partition coefficient (Wildman–Crippen LogP) is 6.97. The summed E-state index contributed by atoms with van der Waals surface area (Å²) in [4.78, 5) is 0. The monoisotopic (exact) mass is 308 g/mol. The molecule has 0 aliphatic carbocycles. The van der Waals surface area contributed by atoms with Gasteiger partial charge in [0.2, 0.25) is 0 Å². The lowest BCUT2D eigenvalue weighted by atomic mass is 10.1. The van der Waals surface area contributed by atoms with Crippen LogP contribution in [-0.4, -0.2) is 6.54 Å². The van der Waals surface area contributed by atoms with E-state index in [-0.39, 0.29) is 0 Å². The first-order valence-corrected chi connectivity index (χ1v) is 10.1. The molecule has 0 aromatic carbocycles. The highest BCUT2D eigenvalue weighted by Gasteiger charge is 1.92. The Morgan fingerprint density at radius 1 is 0.545 bits per heavy atom. The maximum atomic E-state index is 5.46. The number of allylic oxidation sites excluding steroid dienone is 2. The molecule has 0 aliphatic heterocycles. The van der Waals surface area contributed by atoms with E-state index < -0.39 is 0 Å². The first kappa shape index (κ1) is 21.7. The summed E-state index contributed by atoms with van der Waals surface area (Å²) in [6, 6.07) is 0. The van der Waals surface area contributed by atoms with Gasteiger partial charge in [-0.05, 0) is 45.1 Å². The molecule has 1 heteroatoms. The molecule has 1 radical (unpaired) electrons. The van der Waals surface area contributed by atoms with Gasteiger partial charge in [0.25, 0.3) is 0 Å². The van der Waals surface area contributed by atoms with Crippen LogP contribution in [0.2, 0.25) is 0 Å². The van der Waals surface area contributed by atoms with E-state index in [0.29, 0.717) is 0 Å². The molecule has 0 amide bonds. The lowest BCUT2D eigenvalue weighted by Gasteiger charge is -2.01. The average Bonchev–Trinajstić information content (AvgIpc) is 2.54. The Bertz CT molecular complexity index is 210. The molecule has 0 aromatic rings. The summed E-state index contributed by atoms with van der Waals surface area (Å²) in [5, 5.41) is 0. The molecule has 0 aromatic heterocycles. The molecule has 0 spiro atoms. The minimum atomic E-state index is 0.812. The van der Waals surface area contributed by atoms with Gasteiger partial charge in [-0.25, -0.2) is 0 Å². The van der Waals surface area contributed by atoms with Gasteiger partial charge in [0.1, 0.15) is 0 Å². The van der Waals surface area contributed by atoms with Crippen LogP contribution < -0.4 is 5.73 Å². The zero-order valence-corrected chi connectivity index (χ0v) is 15.3. The summed E-state index contributed by atoms with van der Waals surface area (Å²) in [7, 11) is 0. The van der Waals surface area contributed by atoms with Crippen LogP contribution in [-0.2, 0) is 0 Å². The van der Waals surface area contributed by atoms with Crippen LogP contribution in [0, 0.1) is 6.42 Å². The van der Waals surface area contributed by atoms with Crippen LogP contribution in [0.15, 0.2) is 12.2 Å². The summed E-state index contributed by atoms with van der Waals surface area (Å²) in [6.07, 6.45) is 28.9. The maximum Gasteiger partial charge on any atom is -0.00745 e. The van der Waals surface area contributed by atoms with E-state index in [2.05, 4.69) is 25.5 Å². The van der Waals surface area contributed by atoms with Gasteiger partial charge >= 0.3 is 0 Å². The largest absolute Gasteiger partial charge is 0.330 e. The molecule has 0 aliphatic rings. The summed E-state index contributed by atoms with van der Waals surface area (Å²) in [5.74, 6) is 0. The number of rotatable bonds is 18. The van der Waals surface area contributed by atoms with E-state index in [1.54, 1.807) is 0 Å². The van der Waals surface area contributed by atoms with Crippen LogP contribution in [0.5, 0.6) is 0 Å². The molecule has 22 heavy (non-hydrogen) atoms. The molecule has 131 valence electrons. The molecule has 0 bridgehead atoms. The SMILES string of the molecule is CCCCCCCC/C=C\CCCCCCCC[CH]CCN.